The largest absolute Gasteiger partial charge is 0.472 e. The molecule has 0 aromatic heterocycles. The van der Waals surface area contributed by atoms with E-state index in [1.807, 2.05) is 61.6 Å². The van der Waals surface area contributed by atoms with Crippen LogP contribution < -0.4 is 0 Å². The smallest absolute Gasteiger partial charge is 0.462 e. The molecule has 2 unspecified atom stereocenters. The van der Waals surface area contributed by atoms with E-state index in [1.54, 1.807) is 6.08 Å². The summed E-state index contributed by atoms with van der Waals surface area (Å²) < 4.78 is 47.7. The molecule has 0 saturated heterocycles. The van der Waals surface area contributed by atoms with Crippen molar-refractivity contribution in [2.24, 2.45) is 0 Å². The van der Waals surface area contributed by atoms with Crippen LogP contribution in [0.1, 0.15) is 123 Å². The van der Waals surface area contributed by atoms with Gasteiger partial charge in [0.1, 0.15) is 12.7 Å². The van der Waals surface area contributed by atoms with E-state index in [-0.39, 0.29) is 12.8 Å². The molecule has 0 fully saturated rings. The van der Waals surface area contributed by atoms with Crippen molar-refractivity contribution in [3.63, 3.8) is 0 Å². The molecule has 0 radical (unpaired) electrons. The average Bonchev–Trinajstić information content (AvgIpc) is 3.23. The van der Waals surface area contributed by atoms with E-state index in [9.17, 15) is 33.8 Å². The van der Waals surface area contributed by atoms with Crippen LogP contribution in [0, 0.1) is 0 Å². The number of phosphoric acid groups is 2. The van der Waals surface area contributed by atoms with Crippen molar-refractivity contribution in [3.05, 3.63) is 109 Å². The summed E-state index contributed by atoms with van der Waals surface area (Å²) in [4.78, 5) is 52.7. The minimum Gasteiger partial charge on any atom is -0.462 e. The number of aliphatic hydroxyl groups excluding tert-OH is 2. The van der Waals surface area contributed by atoms with Crippen LogP contribution >= 0.6 is 15.6 Å². The van der Waals surface area contributed by atoms with Gasteiger partial charge in [-0.2, -0.15) is 0 Å². The molecule has 0 saturated carbocycles. The van der Waals surface area contributed by atoms with Crippen LogP contribution in [-0.2, 0) is 41.8 Å². The van der Waals surface area contributed by atoms with Crippen molar-refractivity contribution in [2.45, 2.75) is 141 Å². The summed E-state index contributed by atoms with van der Waals surface area (Å²) >= 11 is 0. The standard InChI is InChI=1S/C46H74O14P2/c1-3-5-7-8-9-10-11-12-13-14-15-16-20-23-26-29-32-36-45(49)56-40-44(41-59-62(54,55)58-39-43(48)38-57-61(51,52)53)60-46(50)37-33-30-27-24-21-18-17-19-22-25-28-31-35-42(47)34-6-4-2/h5-7,9-10,12-13,15-18,22,24-25,27-28,31,34,42-44,47-48H,3-4,8,11,14,19-21,23,26,29-30,32-33,35-41H2,1-2H3,(H,54,55)(H2,51,52,53)/b7-5-,10-9-,13-12-,16-15-,18-17-,25-22-,27-24-,31-28+,34-6-/t42?,43-,44+/m0/s1. The summed E-state index contributed by atoms with van der Waals surface area (Å²) in [7, 11) is -9.73. The quantitative estimate of drug-likeness (QED) is 0.0128. The van der Waals surface area contributed by atoms with Gasteiger partial charge in [-0.1, -0.05) is 136 Å². The van der Waals surface area contributed by atoms with E-state index in [1.165, 1.54) is 0 Å². The molecular formula is C46H74O14P2. The Labute approximate surface area is 370 Å². The molecule has 16 heteroatoms. The Morgan fingerprint density at radius 1 is 0.532 bits per heavy atom. The van der Waals surface area contributed by atoms with Crippen LogP contribution in [0.4, 0.5) is 0 Å². The third kappa shape index (κ3) is 43.4. The summed E-state index contributed by atoms with van der Waals surface area (Å²) in [6.45, 7) is 1.28. The number of carbonyl (C=O) groups is 2. The van der Waals surface area contributed by atoms with Crippen molar-refractivity contribution >= 4 is 27.6 Å². The topological polar surface area (TPSA) is 216 Å². The molecule has 352 valence electrons. The molecule has 0 aromatic carbocycles. The Morgan fingerprint density at radius 3 is 1.65 bits per heavy atom. The molecule has 4 atom stereocenters. The molecule has 0 aromatic rings. The lowest BCUT2D eigenvalue weighted by Gasteiger charge is -2.20. The first-order valence-corrected chi connectivity index (χ1v) is 24.7. The zero-order valence-corrected chi connectivity index (χ0v) is 38.6. The van der Waals surface area contributed by atoms with E-state index in [0.29, 0.717) is 25.7 Å². The number of rotatable bonds is 39. The van der Waals surface area contributed by atoms with Gasteiger partial charge in [-0.05, 0) is 83.5 Å². The van der Waals surface area contributed by atoms with E-state index < -0.39 is 72.3 Å². The third-order valence-electron chi connectivity index (χ3n) is 8.22. The first kappa shape index (κ1) is 58.7. The van der Waals surface area contributed by atoms with Gasteiger partial charge in [0.2, 0.25) is 0 Å². The fourth-order valence-electron chi connectivity index (χ4n) is 4.98. The molecule has 0 aliphatic rings. The molecule has 0 spiro atoms. The van der Waals surface area contributed by atoms with E-state index in [0.717, 1.165) is 70.6 Å². The zero-order valence-electron chi connectivity index (χ0n) is 36.8. The number of allylic oxidation sites excluding steroid dienone is 16. The van der Waals surface area contributed by atoms with Gasteiger partial charge in [0.05, 0.1) is 25.9 Å². The number of unbranched alkanes of at least 4 members (excludes halogenated alkanes) is 5. The second kappa shape index (κ2) is 40.5. The van der Waals surface area contributed by atoms with Crippen LogP contribution in [0.5, 0.6) is 0 Å². The highest BCUT2D eigenvalue weighted by molar-refractivity contribution is 7.47. The maximum absolute atomic E-state index is 12.6. The van der Waals surface area contributed by atoms with Gasteiger partial charge in [0.15, 0.2) is 6.10 Å². The normalized spacial score (nSPS) is 15.5. The summed E-state index contributed by atoms with van der Waals surface area (Å²) in [5.41, 5.74) is 0. The molecule has 0 amide bonds. The highest BCUT2D eigenvalue weighted by Gasteiger charge is 2.28. The molecule has 0 heterocycles. The fraction of sp³-hybridized carbons (Fsp3) is 0.565. The zero-order chi connectivity index (χ0) is 46.0. The van der Waals surface area contributed by atoms with Gasteiger partial charge >= 0.3 is 27.6 Å². The van der Waals surface area contributed by atoms with E-state index >= 15 is 0 Å². The van der Waals surface area contributed by atoms with E-state index in [4.69, 9.17) is 23.8 Å². The Bertz CT molecular complexity index is 1520. The Kier molecular flexibility index (Phi) is 38.4. The molecule has 5 N–H and O–H groups in total. The fourth-order valence-corrected chi connectivity index (χ4v) is 6.14. The second-order valence-corrected chi connectivity index (χ2v) is 16.7. The predicted molar refractivity (Wildman–Crippen MR) is 245 cm³/mol. The minimum absolute atomic E-state index is 0.0226. The molecule has 0 aliphatic heterocycles. The molecule has 0 aliphatic carbocycles. The maximum Gasteiger partial charge on any atom is 0.472 e. The Morgan fingerprint density at radius 2 is 1.03 bits per heavy atom. The summed E-state index contributed by atoms with van der Waals surface area (Å²) in [5, 5.41) is 19.5. The van der Waals surface area contributed by atoms with Gasteiger partial charge < -0.3 is 34.4 Å². The summed E-state index contributed by atoms with van der Waals surface area (Å²) in [6.07, 6.45) is 45.7. The van der Waals surface area contributed by atoms with Crippen molar-refractivity contribution in [2.75, 3.05) is 26.4 Å². The van der Waals surface area contributed by atoms with Crippen LogP contribution in [0.3, 0.4) is 0 Å². The lowest BCUT2D eigenvalue weighted by molar-refractivity contribution is -0.161. The van der Waals surface area contributed by atoms with E-state index in [2.05, 4.69) is 64.6 Å². The highest BCUT2D eigenvalue weighted by Crippen LogP contribution is 2.43. The molecular weight excluding hydrogens is 838 g/mol. The first-order chi connectivity index (χ1) is 29.8. The first-order valence-electron chi connectivity index (χ1n) is 21.7. The van der Waals surface area contributed by atoms with Crippen molar-refractivity contribution in [3.8, 4) is 0 Å². The van der Waals surface area contributed by atoms with Crippen LogP contribution in [-0.4, -0.2) is 81.6 Å². The predicted octanol–water partition coefficient (Wildman–Crippen LogP) is 10.1. The highest BCUT2D eigenvalue weighted by atomic mass is 31.2. The SMILES string of the molecule is CC/C=C\C/C=C\C/C=C\C/C=C\CCCCCCC(=O)OC[C@H](COP(=O)(O)OC[C@@H](O)COP(=O)(O)O)OC(=O)CCC/C=C\C/C=C\C/C=C\C=C\CC(O)/C=C\CC. The van der Waals surface area contributed by atoms with Gasteiger partial charge in [-0.3, -0.25) is 23.2 Å². The third-order valence-corrected chi connectivity index (χ3v) is 9.66. The molecule has 62 heavy (non-hydrogen) atoms. The monoisotopic (exact) mass is 912 g/mol. The number of phosphoric ester groups is 2. The lowest BCUT2D eigenvalue weighted by Crippen LogP contribution is -2.29. The van der Waals surface area contributed by atoms with Gasteiger partial charge in [-0.25, -0.2) is 9.13 Å². The number of ether oxygens (including phenoxy) is 2. The molecule has 0 bridgehead atoms. The van der Waals surface area contributed by atoms with Gasteiger partial charge in [-0.15, -0.1) is 0 Å². The van der Waals surface area contributed by atoms with Gasteiger partial charge in [0, 0.05) is 12.8 Å². The molecule has 14 nitrogen and oxygen atoms in total. The Balaban J connectivity index is 4.71. The van der Waals surface area contributed by atoms with Crippen LogP contribution in [0.15, 0.2) is 109 Å². The van der Waals surface area contributed by atoms with Crippen molar-refractivity contribution in [1.82, 2.24) is 0 Å². The summed E-state index contributed by atoms with van der Waals surface area (Å²) in [6, 6.07) is 0. The average molecular weight is 913 g/mol. The Hall–Kier alpha value is -3.26. The number of hydrogen-bond acceptors (Lipinski definition) is 11. The van der Waals surface area contributed by atoms with Crippen molar-refractivity contribution in [1.29, 1.82) is 0 Å². The minimum atomic E-state index is -4.88. The summed E-state index contributed by atoms with van der Waals surface area (Å²) in [5.74, 6) is -1.16. The number of aliphatic hydroxyl groups is 2. The molecule has 0 rings (SSSR count). The van der Waals surface area contributed by atoms with Crippen LogP contribution in [0.2, 0.25) is 0 Å². The number of esters is 2. The number of hydrogen-bond donors (Lipinski definition) is 5. The van der Waals surface area contributed by atoms with Crippen molar-refractivity contribution < 1.29 is 66.7 Å². The maximum atomic E-state index is 12.6. The second-order valence-electron chi connectivity index (χ2n) is 14.1. The lowest BCUT2D eigenvalue weighted by atomic mass is 10.1. The van der Waals surface area contributed by atoms with Crippen LogP contribution in [0.25, 0.3) is 0 Å². The van der Waals surface area contributed by atoms with Gasteiger partial charge in [0.25, 0.3) is 0 Å². The number of carbonyl (C=O) groups excluding carboxylic acids is 2.